The van der Waals surface area contributed by atoms with E-state index in [4.69, 9.17) is 9.47 Å². The molecule has 0 atom stereocenters. The standard InChI is InChI=1S/C22H30O4/c1-4-5-6-7-8-9-10-11-12-13-14-15-16-17-18-21(23)25-19-26-22(24)20(2)3/h5-16,20H,4,17-19H2,1-3H3/b6-5-,8-7?,10-9?,12-11?,14-13?,16-15?. The topological polar surface area (TPSA) is 52.6 Å². The Balaban J connectivity index is 3.77. The smallest absolute Gasteiger partial charge is 0.311 e. The minimum absolute atomic E-state index is 0.229. The highest BCUT2D eigenvalue weighted by Crippen LogP contribution is 1.98. The second-order valence-electron chi connectivity index (χ2n) is 5.60. The van der Waals surface area contributed by atoms with Crippen LogP contribution in [0.25, 0.3) is 0 Å². The van der Waals surface area contributed by atoms with E-state index in [1.54, 1.807) is 13.8 Å². The normalized spacial score (nSPS) is 12.8. The monoisotopic (exact) mass is 358 g/mol. The number of rotatable bonds is 12. The molecule has 0 aliphatic rings. The molecule has 4 heteroatoms. The van der Waals surface area contributed by atoms with Crippen molar-refractivity contribution in [2.24, 2.45) is 5.92 Å². The lowest BCUT2D eigenvalue weighted by Gasteiger charge is -2.07. The molecule has 4 nitrogen and oxygen atoms in total. The second kappa shape index (κ2) is 17.2. The average Bonchev–Trinajstić information content (AvgIpc) is 2.61. The molecule has 0 fully saturated rings. The van der Waals surface area contributed by atoms with Gasteiger partial charge in [0.1, 0.15) is 0 Å². The van der Waals surface area contributed by atoms with Gasteiger partial charge in [0.25, 0.3) is 0 Å². The fourth-order valence-electron chi connectivity index (χ4n) is 1.50. The van der Waals surface area contributed by atoms with Crippen LogP contribution in [-0.4, -0.2) is 18.7 Å². The van der Waals surface area contributed by atoms with E-state index in [1.807, 2.05) is 66.8 Å². The van der Waals surface area contributed by atoms with Crippen LogP contribution in [0.4, 0.5) is 0 Å². The zero-order valence-corrected chi connectivity index (χ0v) is 16.0. The third-order valence-corrected chi connectivity index (χ3v) is 2.92. The molecule has 0 amide bonds. The largest absolute Gasteiger partial charge is 0.428 e. The number of esters is 2. The zero-order valence-electron chi connectivity index (χ0n) is 16.0. The molecule has 0 aliphatic carbocycles. The van der Waals surface area contributed by atoms with E-state index >= 15 is 0 Å². The van der Waals surface area contributed by atoms with Crippen LogP contribution in [0.1, 0.15) is 40.0 Å². The Hall–Kier alpha value is -2.62. The minimum atomic E-state index is -0.387. The van der Waals surface area contributed by atoms with Crippen LogP contribution in [0.3, 0.4) is 0 Å². The molecule has 0 saturated heterocycles. The Labute approximate surface area is 157 Å². The van der Waals surface area contributed by atoms with E-state index in [1.165, 1.54) is 0 Å². The van der Waals surface area contributed by atoms with Crippen molar-refractivity contribution >= 4 is 11.9 Å². The Morgan fingerprint density at radius 1 is 0.769 bits per heavy atom. The van der Waals surface area contributed by atoms with Gasteiger partial charge in [-0.15, -0.1) is 0 Å². The van der Waals surface area contributed by atoms with Gasteiger partial charge in [0.15, 0.2) is 0 Å². The van der Waals surface area contributed by atoms with E-state index in [9.17, 15) is 9.59 Å². The number of hydrogen-bond acceptors (Lipinski definition) is 4. The molecule has 0 spiro atoms. The molecule has 0 aromatic carbocycles. The van der Waals surface area contributed by atoms with Crippen LogP contribution < -0.4 is 0 Å². The van der Waals surface area contributed by atoms with Crippen molar-refractivity contribution in [1.82, 2.24) is 0 Å². The highest BCUT2D eigenvalue weighted by molar-refractivity contribution is 5.72. The fraction of sp³-hybridized carbons (Fsp3) is 0.364. The van der Waals surface area contributed by atoms with E-state index in [2.05, 4.69) is 13.0 Å². The minimum Gasteiger partial charge on any atom is -0.428 e. The lowest BCUT2D eigenvalue weighted by molar-refractivity contribution is -0.169. The lowest BCUT2D eigenvalue weighted by atomic mass is 10.2. The maximum Gasteiger partial charge on any atom is 0.311 e. The highest BCUT2D eigenvalue weighted by Gasteiger charge is 2.09. The molecule has 0 radical (unpaired) electrons. The van der Waals surface area contributed by atoms with Gasteiger partial charge in [-0.1, -0.05) is 93.7 Å². The van der Waals surface area contributed by atoms with Crippen LogP contribution in [0.5, 0.6) is 0 Å². The molecule has 0 saturated carbocycles. The average molecular weight is 358 g/mol. The van der Waals surface area contributed by atoms with Gasteiger partial charge >= 0.3 is 11.9 Å². The van der Waals surface area contributed by atoms with Gasteiger partial charge in [-0.3, -0.25) is 9.59 Å². The summed E-state index contributed by atoms with van der Waals surface area (Å²) in [7, 11) is 0. The molecule has 142 valence electrons. The van der Waals surface area contributed by atoms with Crippen molar-refractivity contribution in [2.75, 3.05) is 6.79 Å². The van der Waals surface area contributed by atoms with E-state index < -0.39 is 0 Å². The highest BCUT2D eigenvalue weighted by atomic mass is 16.7. The molecule has 0 rings (SSSR count). The summed E-state index contributed by atoms with van der Waals surface area (Å²) in [6, 6.07) is 0. The molecule has 0 heterocycles. The molecule has 26 heavy (non-hydrogen) atoms. The summed E-state index contributed by atoms with van der Waals surface area (Å²) in [6.45, 7) is 5.22. The first-order valence-corrected chi connectivity index (χ1v) is 8.88. The van der Waals surface area contributed by atoms with Crippen LogP contribution in [0.2, 0.25) is 0 Å². The summed E-state index contributed by atoms with van der Waals surface area (Å²) in [5, 5.41) is 0. The molecular formula is C22H30O4. The Kier molecular flexibility index (Phi) is 15.5. The number of ether oxygens (including phenoxy) is 2. The van der Waals surface area contributed by atoms with E-state index in [-0.39, 0.29) is 31.1 Å². The summed E-state index contributed by atoms with van der Waals surface area (Å²) in [4.78, 5) is 22.6. The van der Waals surface area contributed by atoms with Crippen molar-refractivity contribution < 1.29 is 19.1 Å². The van der Waals surface area contributed by atoms with E-state index in [0.717, 1.165) is 6.42 Å². The molecule has 0 bridgehead atoms. The van der Waals surface area contributed by atoms with Crippen LogP contribution in [0.15, 0.2) is 72.9 Å². The molecule has 0 aromatic heterocycles. The first kappa shape index (κ1) is 23.4. The second-order valence-corrected chi connectivity index (χ2v) is 5.60. The maximum atomic E-state index is 11.4. The van der Waals surface area contributed by atoms with Crippen LogP contribution >= 0.6 is 0 Å². The van der Waals surface area contributed by atoms with Gasteiger partial charge in [-0.05, 0) is 12.8 Å². The van der Waals surface area contributed by atoms with Crippen molar-refractivity contribution in [1.29, 1.82) is 0 Å². The summed E-state index contributed by atoms with van der Waals surface area (Å²) in [5.74, 6) is -0.996. The van der Waals surface area contributed by atoms with Crippen molar-refractivity contribution in [2.45, 2.75) is 40.0 Å². The summed E-state index contributed by atoms with van der Waals surface area (Å²) in [6.07, 6.45) is 25.3. The van der Waals surface area contributed by atoms with E-state index in [0.29, 0.717) is 6.42 Å². The Bertz CT molecular complexity index is 561. The van der Waals surface area contributed by atoms with Gasteiger partial charge in [0, 0.05) is 6.42 Å². The quantitative estimate of drug-likeness (QED) is 0.273. The fourth-order valence-corrected chi connectivity index (χ4v) is 1.50. The molecule has 0 aliphatic heterocycles. The SMILES string of the molecule is CC/C=C\C=CC=CC=CC=CC=CCCC(=O)OCOC(=O)C(C)C. The first-order chi connectivity index (χ1) is 12.6. The number of carbonyl (C=O) groups excluding carboxylic acids is 2. The van der Waals surface area contributed by atoms with Gasteiger partial charge in [-0.25, -0.2) is 0 Å². The predicted molar refractivity (Wildman–Crippen MR) is 106 cm³/mol. The lowest BCUT2D eigenvalue weighted by Crippen LogP contribution is -2.16. The zero-order chi connectivity index (χ0) is 19.5. The Morgan fingerprint density at radius 3 is 1.77 bits per heavy atom. The third-order valence-electron chi connectivity index (χ3n) is 2.92. The summed E-state index contributed by atoms with van der Waals surface area (Å²) < 4.78 is 9.58. The molecule has 0 N–H and O–H groups in total. The number of allylic oxidation sites excluding steroid dienone is 12. The van der Waals surface area contributed by atoms with Gasteiger partial charge in [0.05, 0.1) is 5.92 Å². The summed E-state index contributed by atoms with van der Waals surface area (Å²) in [5.41, 5.74) is 0. The van der Waals surface area contributed by atoms with Gasteiger partial charge < -0.3 is 9.47 Å². The number of hydrogen-bond donors (Lipinski definition) is 0. The van der Waals surface area contributed by atoms with Crippen LogP contribution in [0, 0.1) is 5.92 Å². The van der Waals surface area contributed by atoms with Gasteiger partial charge in [0.2, 0.25) is 6.79 Å². The third kappa shape index (κ3) is 16.2. The molecule has 0 aromatic rings. The predicted octanol–water partition coefficient (Wildman–Crippen LogP) is 5.21. The van der Waals surface area contributed by atoms with Gasteiger partial charge in [-0.2, -0.15) is 0 Å². The summed E-state index contributed by atoms with van der Waals surface area (Å²) >= 11 is 0. The van der Waals surface area contributed by atoms with Crippen molar-refractivity contribution in [3.8, 4) is 0 Å². The van der Waals surface area contributed by atoms with Crippen molar-refractivity contribution in [3.63, 3.8) is 0 Å². The number of carbonyl (C=O) groups is 2. The first-order valence-electron chi connectivity index (χ1n) is 8.88. The van der Waals surface area contributed by atoms with Crippen LogP contribution in [-0.2, 0) is 19.1 Å². The van der Waals surface area contributed by atoms with Crippen molar-refractivity contribution in [3.05, 3.63) is 72.9 Å². The Morgan fingerprint density at radius 2 is 1.27 bits per heavy atom. The maximum absolute atomic E-state index is 11.4. The molecule has 0 unspecified atom stereocenters. The molecular weight excluding hydrogens is 328 g/mol.